The minimum Gasteiger partial charge on any atom is -0.493 e. The third kappa shape index (κ3) is 3.03. The maximum Gasteiger partial charge on any atom is 0.405 e. The summed E-state index contributed by atoms with van der Waals surface area (Å²) in [6.07, 6.45) is -1.28. The smallest absolute Gasteiger partial charge is 0.405 e. The van der Waals surface area contributed by atoms with Gasteiger partial charge in [0.2, 0.25) is 5.88 Å². The molecule has 0 fully saturated rings. The van der Waals surface area contributed by atoms with Gasteiger partial charge >= 0.3 is 6.09 Å². The zero-order chi connectivity index (χ0) is 16.4. The first-order chi connectivity index (χ1) is 11.0. The Morgan fingerprint density at radius 2 is 1.78 bits per heavy atom. The van der Waals surface area contributed by atoms with E-state index in [-0.39, 0.29) is 11.7 Å². The second-order valence-electron chi connectivity index (χ2n) is 4.86. The van der Waals surface area contributed by atoms with Crippen LogP contribution in [0, 0.1) is 5.82 Å². The topological polar surface area (TPSA) is 95.3 Å². The van der Waals surface area contributed by atoms with Gasteiger partial charge in [-0.05, 0) is 29.8 Å². The quantitative estimate of drug-likeness (QED) is 0.691. The van der Waals surface area contributed by atoms with Crippen LogP contribution in [-0.2, 0) is 0 Å². The van der Waals surface area contributed by atoms with E-state index in [1.807, 2.05) is 0 Å². The van der Waals surface area contributed by atoms with Crippen LogP contribution >= 0.6 is 0 Å². The van der Waals surface area contributed by atoms with Crippen molar-refractivity contribution in [3.63, 3.8) is 0 Å². The van der Waals surface area contributed by atoms with Gasteiger partial charge in [-0.1, -0.05) is 24.3 Å². The molecule has 3 rings (SSSR count). The van der Waals surface area contributed by atoms with Crippen LogP contribution in [0.2, 0.25) is 0 Å². The molecular weight excluding hydrogens is 301 g/mol. The number of benzene rings is 2. The van der Waals surface area contributed by atoms with Crippen molar-refractivity contribution in [2.45, 2.75) is 6.04 Å². The molecule has 3 aromatic rings. The summed E-state index contributed by atoms with van der Waals surface area (Å²) < 4.78 is 13.1. The maximum absolute atomic E-state index is 13.1. The molecule has 116 valence electrons. The summed E-state index contributed by atoms with van der Waals surface area (Å²) in [5, 5.41) is 21.8. The number of amides is 1. The number of carboxylic acid groups (broad SMARTS) is 1. The molecule has 2 aromatic carbocycles. The molecule has 7 heteroatoms. The summed E-state index contributed by atoms with van der Waals surface area (Å²) in [6, 6.07) is 11.2. The van der Waals surface area contributed by atoms with Crippen LogP contribution in [0.5, 0.6) is 5.88 Å². The van der Waals surface area contributed by atoms with Crippen molar-refractivity contribution in [1.29, 1.82) is 0 Å². The van der Waals surface area contributed by atoms with Crippen molar-refractivity contribution in [1.82, 2.24) is 15.3 Å². The Hall–Kier alpha value is -3.22. The van der Waals surface area contributed by atoms with Crippen LogP contribution in [0.25, 0.3) is 10.9 Å². The lowest BCUT2D eigenvalue weighted by Crippen LogP contribution is -2.29. The Labute approximate surface area is 130 Å². The average Bonchev–Trinajstić information content (AvgIpc) is 2.53. The fourth-order valence-electron chi connectivity index (χ4n) is 2.28. The van der Waals surface area contributed by atoms with Gasteiger partial charge in [-0.3, -0.25) is 0 Å². The van der Waals surface area contributed by atoms with Crippen LogP contribution in [0.3, 0.4) is 0 Å². The SMILES string of the molecule is O=C(O)NC(c1ccc(F)cc1)c1nc(O)c2ccccc2n1. The molecule has 0 aliphatic heterocycles. The molecule has 0 saturated heterocycles. The van der Waals surface area contributed by atoms with Gasteiger partial charge in [0.05, 0.1) is 10.9 Å². The van der Waals surface area contributed by atoms with Crippen molar-refractivity contribution >= 4 is 17.0 Å². The number of aromatic hydroxyl groups is 1. The third-order valence-corrected chi connectivity index (χ3v) is 3.33. The zero-order valence-electron chi connectivity index (χ0n) is 11.8. The van der Waals surface area contributed by atoms with Gasteiger partial charge in [-0.2, -0.15) is 4.98 Å². The van der Waals surface area contributed by atoms with Crippen molar-refractivity contribution in [3.05, 3.63) is 65.7 Å². The van der Waals surface area contributed by atoms with Gasteiger partial charge < -0.3 is 15.5 Å². The van der Waals surface area contributed by atoms with Crippen LogP contribution in [-0.4, -0.2) is 26.3 Å². The monoisotopic (exact) mass is 313 g/mol. The van der Waals surface area contributed by atoms with E-state index in [0.717, 1.165) is 0 Å². The van der Waals surface area contributed by atoms with Crippen molar-refractivity contribution in [2.24, 2.45) is 0 Å². The van der Waals surface area contributed by atoms with Gasteiger partial charge in [-0.25, -0.2) is 14.2 Å². The summed E-state index contributed by atoms with van der Waals surface area (Å²) in [4.78, 5) is 19.3. The second-order valence-corrected chi connectivity index (χ2v) is 4.86. The predicted molar refractivity (Wildman–Crippen MR) is 80.6 cm³/mol. The minimum absolute atomic E-state index is 0.0789. The Kier molecular flexibility index (Phi) is 3.76. The predicted octanol–water partition coefficient (Wildman–Crippen LogP) is 2.83. The lowest BCUT2D eigenvalue weighted by Gasteiger charge is -2.17. The normalized spacial score (nSPS) is 12.0. The Bertz CT molecular complexity index is 868. The fraction of sp³-hybridized carbons (Fsp3) is 0.0625. The number of hydrogen-bond acceptors (Lipinski definition) is 4. The molecule has 0 aliphatic carbocycles. The van der Waals surface area contributed by atoms with Crippen molar-refractivity contribution < 1.29 is 19.4 Å². The molecule has 23 heavy (non-hydrogen) atoms. The summed E-state index contributed by atoms with van der Waals surface area (Å²) in [5.41, 5.74) is 0.942. The van der Waals surface area contributed by atoms with E-state index in [1.165, 1.54) is 24.3 Å². The number of carbonyl (C=O) groups is 1. The molecule has 0 radical (unpaired) electrons. The molecule has 1 heterocycles. The summed E-state index contributed by atoms with van der Waals surface area (Å²) >= 11 is 0. The highest BCUT2D eigenvalue weighted by molar-refractivity contribution is 5.83. The van der Waals surface area contributed by atoms with Gasteiger partial charge in [-0.15, -0.1) is 0 Å². The van der Waals surface area contributed by atoms with E-state index in [9.17, 15) is 14.3 Å². The number of para-hydroxylation sites is 1. The summed E-state index contributed by atoms with van der Waals surface area (Å²) in [5.74, 6) is -0.606. The third-order valence-electron chi connectivity index (χ3n) is 3.33. The van der Waals surface area contributed by atoms with Crippen LogP contribution in [0.4, 0.5) is 9.18 Å². The van der Waals surface area contributed by atoms with E-state index in [1.54, 1.807) is 24.3 Å². The molecule has 3 N–H and O–H groups in total. The van der Waals surface area contributed by atoms with Crippen molar-refractivity contribution in [3.8, 4) is 5.88 Å². The lowest BCUT2D eigenvalue weighted by molar-refractivity contribution is 0.191. The molecule has 0 spiro atoms. The molecule has 1 amide bonds. The Morgan fingerprint density at radius 1 is 1.09 bits per heavy atom. The fourth-order valence-corrected chi connectivity index (χ4v) is 2.28. The molecule has 1 atom stereocenters. The van der Waals surface area contributed by atoms with Gasteiger partial charge in [0.25, 0.3) is 0 Å². The van der Waals surface area contributed by atoms with Crippen LogP contribution < -0.4 is 5.32 Å². The van der Waals surface area contributed by atoms with E-state index < -0.39 is 18.0 Å². The van der Waals surface area contributed by atoms with Crippen molar-refractivity contribution in [2.75, 3.05) is 0 Å². The first-order valence-corrected chi connectivity index (χ1v) is 6.75. The number of rotatable bonds is 3. The van der Waals surface area contributed by atoms with E-state index >= 15 is 0 Å². The molecule has 0 saturated carbocycles. The highest BCUT2D eigenvalue weighted by Gasteiger charge is 2.21. The minimum atomic E-state index is -1.28. The Morgan fingerprint density at radius 3 is 2.48 bits per heavy atom. The standard InChI is InChI=1S/C16H12FN3O3/c17-10-7-5-9(6-8-10)13(19-16(22)23)14-18-12-4-2-1-3-11(12)15(21)20-14/h1-8,13,19H,(H,22,23)(H,18,20,21). The molecule has 0 aliphatic rings. The number of halogens is 1. The first kappa shape index (κ1) is 14.7. The van der Waals surface area contributed by atoms with E-state index in [4.69, 9.17) is 5.11 Å². The first-order valence-electron chi connectivity index (χ1n) is 6.75. The number of hydrogen-bond donors (Lipinski definition) is 3. The summed E-state index contributed by atoms with van der Waals surface area (Å²) in [7, 11) is 0. The van der Waals surface area contributed by atoms with Gasteiger partial charge in [0.15, 0.2) is 5.82 Å². The maximum atomic E-state index is 13.1. The van der Waals surface area contributed by atoms with E-state index in [0.29, 0.717) is 16.5 Å². The lowest BCUT2D eigenvalue weighted by atomic mass is 10.1. The molecular formula is C16H12FN3O3. The average molecular weight is 313 g/mol. The second kappa shape index (κ2) is 5.88. The number of nitrogens with zero attached hydrogens (tertiary/aromatic N) is 2. The number of aromatic nitrogens is 2. The molecule has 1 aromatic heterocycles. The summed E-state index contributed by atoms with van der Waals surface area (Å²) in [6.45, 7) is 0. The largest absolute Gasteiger partial charge is 0.493 e. The number of fused-ring (bicyclic) bond motifs is 1. The molecule has 1 unspecified atom stereocenters. The highest BCUT2D eigenvalue weighted by Crippen LogP contribution is 2.26. The Balaban J connectivity index is 2.12. The number of nitrogens with one attached hydrogen (secondary N) is 1. The molecule has 6 nitrogen and oxygen atoms in total. The zero-order valence-corrected chi connectivity index (χ0v) is 11.8. The molecule has 0 bridgehead atoms. The highest BCUT2D eigenvalue weighted by atomic mass is 19.1. The van der Waals surface area contributed by atoms with Crippen LogP contribution in [0.1, 0.15) is 17.4 Å². The van der Waals surface area contributed by atoms with Gasteiger partial charge in [0.1, 0.15) is 11.9 Å². The van der Waals surface area contributed by atoms with Gasteiger partial charge in [0, 0.05) is 0 Å². The van der Waals surface area contributed by atoms with Crippen LogP contribution in [0.15, 0.2) is 48.5 Å². The van der Waals surface area contributed by atoms with E-state index in [2.05, 4.69) is 15.3 Å².